The van der Waals surface area contributed by atoms with Gasteiger partial charge in [0.25, 0.3) is 0 Å². The molecule has 76 valence electrons. The van der Waals surface area contributed by atoms with Crippen LogP contribution in [-0.4, -0.2) is 0 Å². The lowest BCUT2D eigenvalue weighted by Gasteiger charge is -2.01. The highest BCUT2D eigenvalue weighted by atomic mass is 14.0. The van der Waals surface area contributed by atoms with Crippen molar-refractivity contribution in [3.05, 3.63) is 60.3 Å². The summed E-state index contributed by atoms with van der Waals surface area (Å²) in [4.78, 5) is 0. The molecule has 0 spiro atoms. The minimum atomic E-state index is 1.06. The lowest BCUT2D eigenvalue weighted by Crippen LogP contribution is -1.81. The van der Waals surface area contributed by atoms with Crippen molar-refractivity contribution in [1.29, 1.82) is 0 Å². The summed E-state index contributed by atoms with van der Waals surface area (Å²) in [5, 5.41) is 0. The highest BCUT2D eigenvalue weighted by Crippen LogP contribution is 2.13. The minimum absolute atomic E-state index is 1.06. The van der Waals surface area contributed by atoms with Crippen molar-refractivity contribution in [3.8, 4) is 0 Å². The first kappa shape index (κ1) is 12.7. The first-order valence-corrected chi connectivity index (χ1v) is 5.08. The molecular formula is C14H20. The van der Waals surface area contributed by atoms with E-state index in [2.05, 4.69) is 37.8 Å². The Morgan fingerprint density at radius 2 is 1.93 bits per heavy atom. The van der Waals surface area contributed by atoms with Crippen LogP contribution in [0.1, 0.15) is 27.2 Å². The van der Waals surface area contributed by atoms with Gasteiger partial charge in [-0.15, -0.1) is 0 Å². The second-order valence-corrected chi connectivity index (χ2v) is 2.91. The highest BCUT2D eigenvalue weighted by Gasteiger charge is 1.93. The minimum Gasteiger partial charge on any atom is -0.0984 e. The molecule has 0 N–H and O–H groups in total. The molecule has 0 heterocycles. The Bertz CT molecular complexity index is 272. The number of rotatable bonds is 5. The third-order valence-corrected chi connectivity index (χ3v) is 1.87. The quantitative estimate of drug-likeness (QED) is 0.554. The van der Waals surface area contributed by atoms with E-state index >= 15 is 0 Å². The Morgan fingerprint density at radius 1 is 1.21 bits per heavy atom. The molecule has 0 aromatic heterocycles. The zero-order chi connectivity index (χ0) is 10.8. The molecule has 0 unspecified atom stereocenters. The maximum absolute atomic E-state index is 3.81. The fourth-order valence-electron chi connectivity index (χ4n) is 1.09. The van der Waals surface area contributed by atoms with Gasteiger partial charge in [0.05, 0.1) is 0 Å². The summed E-state index contributed by atoms with van der Waals surface area (Å²) in [6.45, 7) is 10.00. The molecule has 0 fully saturated rings. The van der Waals surface area contributed by atoms with Crippen LogP contribution in [0.5, 0.6) is 0 Å². The second-order valence-electron chi connectivity index (χ2n) is 2.91. The van der Waals surface area contributed by atoms with Crippen LogP contribution in [-0.2, 0) is 0 Å². The predicted molar refractivity (Wildman–Crippen MR) is 66.3 cm³/mol. The van der Waals surface area contributed by atoms with Crippen molar-refractivity contribution >= 4 is 0 Å². The van der Waals surface area contributed by atoms with Gasteiger partial charge in [0.2, 0.25) is 0 Å². The zero-order valence-electron chi connectivity index (χ0n) is 9.46. The maximum atomic E-state index is 3.81. The Hall–Kier alpha value is -1.30. The number of hydrogen-bond donors (Lipinski definition) is 0. The van der Waals surface area contributed by atoms with Crippen LogP contribution in [0.15, 0.2) is 60.3 Å². The van der Waals surface area contributed by atoms with E-state index in [-0.39, 0.29) is 0 Å². The van der Waals surface area contributed by atoms with E-state index < -0.39 is 0 Å². The topological polar surface area (TPSA) is 0 Å². The SMILES string of the molecule is C=CC(=C\C=C/C)/C(/C=C\CC)=C/C. The van der Waals surface area contributed by atoms with E-state index in [0.29, 0.717) is 0 Å². The molecule has 0 bridgehead atoms. The molecule has 0 nitrogen and oxygen atoms in total. The molecule has 0 aliphatic carbocycles. The summed E-state index contributed by atoms with van der Waals surface area (Å²) in [6, 6.07) is 0. The predicted octanol–water partition coefficient (Wildman–Crippen LogP) is 4.59. The van der Waals surface area contributed by atoms with Crippen LogP contribution in [0, 0.1) is 0 Å². The summed E-state index contributed by atoms with van der Waals surface area (Å²) in [5.41, 5.74) is 2.38. The number of hydrogen-bond acceptors (Lipinski definition) is 0. The highest BCUT2D eigenvalue weighted by molar-refractivity contribution is 5.46. The van der Waals surface area contributed by atoms with Crippen molar-refractivity contribution < 1.29 is 0 Å². The van der Waals surface area contributed by atoms with Gasteiger partial charge in [-0.25, -0.2) is 0 Å². The molecule has 0 heteroatoms. The van der Waals surface area contributed by atoms with Gasteiger partial charge in [0.1, 0.15) is 0 Å². The monoisotopic (exact) mass is 188 g/mol. The van der Waals surface area contributed by atoms with Crippen molar-refractivity contribution in [1.82, 2.24) is 0 Å². The molecule has 0 rings (SSSR count). The second kappa shape index (κ2) is 8.31. The Labute approximate surface area is 88.0 Å². The van der Waals surface area contributed by atoms with Gasteiger partial charge in [-0.2, -0.15) is 0 Å². The van der Waals surface area contributed by atoms with E-state index in [1.807, 2.05) is 32.1 Å². The molecule has 0 amide bonds. The summed E-state index contributed by atoms with van der Waals surface area (Å²) in [6.07, 6.45) is 15.5. The normalized spacial score (nSPS) is 14.2. The molecule has 0 atom stereocenters. The lowest BCUT2D eigenvalue weighted by atomic mass is 10.0. The van der Waals surface area contributed by atoms with Crippen LogP contribution in [0.2, 0.25) is 0 Å². The fraction of sp³-hybridized carbons (Fsp3) is 0.286. The van der Waals surface area contributed by atoms with Gasteiger partial charge < -0.3 is 0 Å². The van der Waals surface area contributed by atoms with E-state index in [0.717, 1.165) is 12.0 Å². The Morgan fingerprint density at radius 3 is 2.36 bits per heavy atom. The summed E-state index contributed by atoms with van der Waals surface area (Å²) in [7, 11) is 0. The molecule has 14 heavy (non-hydrogen) atoms. The van der Waals surface area contributed by atoms with E-state index in [4.69, 9.17) is 0 Å². The molecule has 0 aliphatic heterocycles. The fourth-order valence-corrected chi connectivity index (χ4v) is 1.09. The summed E-state index contributed by atoms with van der Waals surface area (Å²) < 4.78 is 0. The average Bonchev–Trinajstić information content (AvgIpc) is 2.23. The van der Waals surface area contributed by atoms with Gasteiger partial charge in [-0.1, -0.05) is 56.0 Å². The van der Waals surface area contributed by atoms with Crippen LogP contribution in [0.25, 0.3) is 0 Å². The zero-order valence-corrected chi connectivity index (χ0v) is 9.46. The molecule has 0 aromatic carbocycles. The lowest BCUT2D eigenvalue weighted by molar-refractivity contribution is 1.22. The average molecular weight is 188 g/mol. The third-order valence-electron chi connectivity index (χ3n) is 1.87. The van der Waals surface area contributed by atoms with Crippen molar-refractivity contribution in [2.45, 2.75) is 27.2 Å². The van der Waals surface area contributed by atoms with Crippen LogP contribution < -0.4 is 0 Å². The smallest absolute Gasteiger partial charge is 0.0193 e. The molecule has 0 aliphatic rings. The number of allylic oxidation sites excluding steroid dienone is 9. The van der Waals surface area contributed by atoms with E-state index in [1.165, 1.54) is 5.57 Å². The van der Waals surface area contributed by atoms with Crippen molar-refractivity contribution in [2.75, 3.05) is 0 Å². The van der Waals surface area contributed by atoms with Gasteiger partial charge in [0.15, 0.2) is 0 Å². The third kappa shape index (κ3) is 4.66. The molecule has 0 aromatic rings. The largest absolute Gasteiger partial charge is 0.0984 e. The van der Waals surface area contributed by atoms with Gasteiger partial charge in [-0.3, -0.25) is 0 Å². The van der Waals surface area contributed by atoms with Gasteiger partial charge >= 0.3 is 0 Å². The first-order chi connectivity index (χ1) is 6.79. The van der Waals surface area contributed by atoms with Crippen LogP contribution >= 0.6 is 0 Å². The molecule has 0 radical (unpaired) electrons. The van der Waals surface area contributed by atoms with Gasteiger partial charge in [0, 0.05) is 0 Å². The molecule has 0 saturated carbocycles. The first-order valence-electron chi connectivity index (χ1n) is 5.08. The Balaban J connectivity index is 4.80. The standard InChI is InChI=1S/C14H20/c1-5-9-11-13(7-3)14(8-4)12-10-6-2/h5,7-12H,3,6H2,1-2,4H3/b9-5-,12-10-,13-11+,14-8+. The Kier molecular flexibility index (Phi) is 7.53. The van der Waals surface area contributed by atoms with E-state index in [1.54, 1.807) is 0 Å². The van der Waals surface area contributed by atoms with Crippen molar-refractivity contribution in [2.24, 2.45) is 0 Å². The molecule has 0 saturated heterocycles. The molecular weight excluding hydrogens is 168 g/mol. The van der Waals surface area contributed by atoms with Gasteiger partial charge in [-0.05, 0) is 31.4 Å². The summed E-state index contributed by atoms with van der Waals surface area (Å²) >= 11 is 0. The van der Waals surface area contributed by atoms with Crippen LogP contribution in [0.3, 0.4) is 0 Å². The van der Waals surface area contributed by atoms with Crippen molar-refractivity contribution in [3.63, 3.8) is 0 Å². The maximum Gasteiger partial charge on any atom is -0.0193 e. The van der Waals surface area contributed by atoms with E-state index in [9.17, 15) is 0 Å². The van der Waals surface area contributed by atoms with Crippen LogP contribution in [0.4, 0.5) is 0 Å². The summed E-state index contributed by atoms with van der Waals surface area (Å²) in [5.74, 6) is 0.